The molecule has 80 valence electrons. The van der Waals surface area contributed by atoms with Crippen LogP contribution in [0, 0.1) is 5.92 Å². The number of hydrogen-bond donors (Lipinski definition) is 0. The predicted molar refractivity (Wildman–Crippen MR) is 62.8 cm³/mol. The maximum Gasteiger partial charge on any atom is 0.0724 e. The Morgan fingerprint density at radius 1 is 1.40 bits per heavy atom. The average molecular weight is 202 g/mol. The molecule has 1 aliphatic rings. The summed E-state index contributed by atoms with van der Waals surface area (Å²) < 4.78 is 5.90. The lowest BCUT2D eigenvalue weighted by Gasteiger charge is -2.34. The monoisotopic (exact) mass is 202 g/mol. The van der Waals surface area contributed by atoms with E-state index in [1.807, 2.05) is 6.08 Å². The van der Waals surface area contributed by atoms with Gasteiger partial charge in [-0.3, -0.25) is 0 Å². The van der Waals surface area contributed by atoms with Gasteiger partial charge in [0.1, 0.15) is 0 Å². The van der Waals surface area contributed by atoms with Crippen LogP contribution in [0.25, 0.3) is 0 Å². The molecule has 0 aromatic heterocycles. The van der Waals surface area contributed by atoms with Gasteiger partial charge in [-0.1, -0.05) is 44.2 Å². The van der Waals surface area contributed by atoms with Crippen LogP contribution < -0.4 is 0 Å². The second-order valence-corrected chi connectivity index (χ2v) is 4.48. The predicted octanol–water partition coefficient (Wildman–Crippen LogP) is 3.51. The minimum absolute atomic E-state index is 0.275. The van der Waals surface area contributed by atoms with Crippen molar-refractivity contribution in [3.8, 4) is 0 Å². The molecule has 1 aromatic carbocycles. The third-order valence-corrected chi connectivity index (χ3v) is 3.11. The fourth-order valence-electron chi connectivity index (χ4n) is 2.33. The lowest BCUT2D eigenvalue weighted by molar-refractivity contribution is -0.0107. The van der Waals surface area contributed by atoms with E-state index in [0.29, 0.717) is 11.8 Å². The first-order valence-corrected chi connectivity index (χ1v) is 5.56. The highest BCUT2D eigenvalue weighted by Crippen LogP contribution is 2.35. The summed E-state index contributed by atoms with van der Waals surface area (Å²) in [7, 11) is 0. The fraction of sp³-hybridized carbons (Fsp3) is 0.429. The number of hydrogen-bond acceptors (Lipinski definition) is 1. The Labute approximate surface area is 91.8 Å². The summed E-state index contributed by atoms with van der Waals surface area (Å²) in [4.78, 5) is 0. The molecule has 0 radical (unpaired) electrons. The maximum atomic E-state index is 5.90. The van der Waals surface area contributed by atoms with Crippen LogP contribution in [-0.4, -0.2) is 6.10 Å². The van der Waals surface area contributed by atoms with Gasteiger partial charge in [-0.25, -0.2) is 0 Å². The molecule has 1 heterocycles. The van der Waals surface area contributed by atoms with Gasteiger partial charge in [0, 0.05) is 5.92 Å². The van der Waals surface area contributed by atoms with Gasteiger partial charge in [0.2, 0.25) is 0 Å². The highest BCUT2D eigenvalue weighted by atomic mass is 16.5. The van der Waals surface area contributed by atoms with Crippen molar-refractivity contribution >= 4 is 0 Å². The van der Waals surface area contributed by atoms with Gasteiger partial charge in [0.15, 0.2) is 0 Å². The molecule has 0 saturated carbocycles. The second kappa shape index (κ2) is 4.19. The van der Waals surface area contributed by atoms with Crippen molar-refractivity contribution in [3.05, 3.63) is 48.0 Å². The zero-order valence-corrected chi connectivity index (χ0v) is 9.44. The standard InChI is InChI=1S/C14H18O/c1-4-12-13-8-6-5-7-11(13)9-15-14(12)10(2)3/h4-8,10,12,14H,1,9H2,2-3H3/t12-,14+/m1/s1. The Hall–Kier alpha value is -1.08. The molecule has 0 bridgehead atoms. The SMILES string of the molecule is C=C[C@@H]1c2ccccc2CO[C@H]1C(C)C. The van der Waals surface area contributed by atoms with Crippen LogP contribution in [0.15, 0.2) is 36.9 Å². The first-order valence-electron chi connectivity index (χ1n) is 5.56. The molecule has 1 heteroatoms. The van der Waals surface area contributed by atoms with E-state index in [2.05, 4.69) is 44.7 Å². The summed E-state index contributed by atoms with van der Waals surface area (Å²) in [6, 6.07) is 8.50. The minimum atomic E-state index is 0.275. The van der Waals surface area contributed by atoms with Crippen LogP contribution >= 0.6 is 0 Å². The van der Waals surface area contributed by atoms with Crippen LogP contribution in [0.1, 0.15) is 30.9 Å². The van der Waals surface area contributed by atoms with E-state index in [4.69, 9.17) is 4.74 Å². The molecule has 0 aliphatic carbocycles. The van der Waals surface area contributed by atoms with Crippen molar-refractivity contribution in [2.45, 2.75) is 32.5 Å². The molecule has 0 spiro atoms. The lowest BCUT2D eigenvalue weighted by Crippen LogP contribution is -2.31. The Morgan fingerprint density at radius 2 is 2.13 bits per heavy atom. The lowest BCUT2D eigenvalue weighted by atomic mass is 9.83. The van der Waals surface area contributed by atoms with Gasteiger partial charge < -0.3 is 4.74 Å². The van der Waals surface area contributed by atoms with Crippen molar-refractivity contribution in [1.82, 2.24) is 0 Å². The highest BCUT2D eigenvalue weighted by molar-refractivity contribution is 5.35. The van der Waals surface area contributed by atoms with E-state index < -0.39 is 0 Å². The van der Waals surface area contributed by atoms with Gasteiger partial charge >= 0.3 is 0 Å². The minimum Gasteiger partial charge on any atom is -0.372 e. The van der Waals surface area contributed by atoms with Crippen LogP contribution in [0.5, 0.6) is 0 Å². The first-order chi connectivity index (χ1) is 7.24. The largest absolute Gasteiger partial charge is 0.372 e. The van der Waals surface area contributed by atoms with Crippen molar-refractivity contribution in [2.75, 3.05) is 0 Å². The van der Waals surface area contributed by atoms with Gasteiger partial charge in [-0.05, 0) is 17.0 Å². The number of benzene rings is 1. The van der Waals surface area contributed by atoms with Crippen LogP contribution in [-0.2, 0) is 11.3 Å². The molecule has 2 atom stereocenters. The molecule has 2 rings (SSSR count). The van der Waals surface area contributed by atoms with E-state index in [9.17, 15) is 0 Å². The van der Waals surface area contributed by atoms with E-state index >= 15 is 0 Å². The Balaban J connectivity index is 2.38. The number of rotatable bonds is 2. The van der Waals surface area contributed by atoms with E-state index in [-0.39, 0.29) is 6.10 Å². The molecule has 0 fully saturated rings. The van der Waals surface area contributed by atoms with Crippen molar-refractivity contribution in [2.24, 2.45) is 5.92 Å². The van der Waals surface area contributed by atoms with Gasteiger partial charge in [0.25, 0.3) is 0 Å². The average Bonchev–Trinajstić information content (AvgIpc) is 2.27. The van der Waals surface area contributed by atoms with Crippen molar-refractivity contribution in [1.29, 1.82) is 0 Å². The quantitative estimate of drug-likeness (QED) is 0.667. The Morgan fingerprint density at radius 3 is 2.80 bits per heavy atom. The number of ether oxygens (including phenoxy) is 1. The van der Waals surface area contributed by atoms with E-state index in [0.717, 1.165) is 6.61 Å². The molecular weight excluding hydrogens is 184 g/mol. The summed E-state index contributed by atoms with van der Waals surface area (Å²) in [6.45, 7) is 9.08. The molecule has 1 aromatic rings. The highest BCUT2D eigenvalue weighted by Gasteiger charge is 2.29. The third kappa shape index (κ3) is 1.84. The topological polar surface area (TPSA) is 9.23 Å². The number of fused-ring (bicyclic) bond motifs is 1. The summed E-state index contributed by atoms with van der Waals surface area (Å²) in [5.41, 5.74) is 2.69. The van der Waals surface area contributed by atoms with E-state index in [1.165, 1.54) is 11.1 Å². The molecule has 1 aliphatic heterocycles. The zero-order valence-electron chi connectivity index (χ0n) is 9.44. The molecule has 0 N–H and O–H groups in total. The summed E-state index contributed by atoms with van der Waals surface area (Å²) in [5, 5.41) is 0. The second-order valence-electron chi connectivity index (χ2n) is 4.48. The fourth-order valence-corrected chi connectivity index (χ4v) is 2.33. The van der Waals surface area contributed by atoms with Crippen molar-refractivity contribution in [3.63, 3.8) is 0 Å². The van der Waals surface area contributed by atoms with Gasteiger partial charge in [-0.15, -0.1) is 6.58 Å². The zero-order chi connectivity index (χ0) is 10.8. The summed E-state index contributed by atoms with van der Waals surface area (Å²) >= 11 is 0. The van der Waals surface area contributed by atoms with E-state index in [1.54, 1.807) is 0 Å². The van der Waals surface area contributed by atoms with Crippen LogP contribution in [0.3, 0.4) is 0 Å². The maximum absolute atomic E-state index is 5.90. The molecule has 1 nitrogen and oxygen atoms in total. The summed E-state index contributed by atoms with van der Waals surface area (Å²) in [5.74, 6) is 0.872. The normalized spacial score (nSPS) is 25.0. The molecule has 0 saturated heterocycles. The van der Waals surface area contributed by atoms with Gasteiger partial charge in [-0.2, -0.15) is 0 Å². The molecule has 0 amide bonds. The Bertz CT molecular complexity index is 354. The van der Waals surface area contributed by atoms with Gasteiger partial charge in [0.05, 0.1) is 12.7 Å². The Kier molecular flexibility index (Phi) is 2.92. The first kappa shape index (κ1) is 10.4. The smallest absolute Gasteiger partial charge is 0.0724 e. The van der Waals surface area contributed by atoms with Crippen LogP contribution in [0.4, 0.5) is 0 Å². The van der Waals surface area contributed by atoms with Crippen LogP contribution in [0.2, 0.25) is 0 Å². The third-order valence-electron chi connectivity index (χ3n) is 3.11. The molecule has 0 unspecified atom stereocenters. The molecule has 15 heavy (non-hydrogen) atoms. The van der Waals surface area contributed by atoms with Crippen molar-refractivity contribution < 1.29 is 4.74 Å². The molecular formula is C14H18O. The summed E-state index contributed by atoms with van der Waals surface area (Å²) in [6.07, 6.45) is 2.29.